The molecule has 1 unspecified atom stereocenters. The second kappa shape index (κ2) is 4.42. The Morgan fingerprint density at radius 3 is 2.45 bits per heavy atom. The van der Waals surface area contributed by atoms with Crippen LogP contribution in [0.1, 0.15) is 13.3 Å². The van der Waals surface area contributed by atoms with Crippen molar-refractivity contribution in [2.24, 2.45) is 0 Å². The zero-order chi connectivity index (χ0) is 7.61. The van der Waals surface area contributed by atoms with Gasteiger partial charge in [0.05, 0.1) is 6.61 Å². The molecule has 0 aromatic carbocycles. The Bertz CT molecular complexity index is 144. The number of carboxylic acid groups (broad SMARTS) is 1. The summed E-state index contributed by atoms with van der Waals surface area (Å²) in [6.07, 6.45) is 0.392. The summed E-state index contributed by atoms with van der Waals surface area (Å²) in [6.45, 7) is 2.48. The van der Waals surface area contributed by atoms with Crippen molar-refractivity contribution < 1.29 is 48.9 Å². The molecule has 1 heterocycles. The van der Waals surface area contributed by atoms with Crippen LogP contribution in [0.15, 0.2) is 0 Å². The summed E-state index contributed by atoms with van der Waals surface area (Å²) in [5.74, 6) is -2.70. The van der Waals surface area contributed by atoms with Crippen molar-refractivity contribution >= 4 is 5.97 Å². The second-order valence-electron chi connectivity index (χ2n) is 2.07. The van der Waals surface area contributed by atoms with Crippen molar-refractivity contribution in [3.8, 4) is 0 Å². The fourth-order valence-electron chi connectivity index (χ4n) is 0.854. The third-order valence-corrected chi connectivity index (χ3v) is 1.45. The van der Waals surface area contributed by atoms with Gasteiger partial charge in [-0.1, -0.05) is 0 Å². The second-order valence-corrected chi connectivity index (χ2v) is 2.07. The zero-order valence-corrected chi connectivity index (χ0v) is 8.75. The van der Waals surface area contributed by atoms with Gasteiger partial charge >= 0.3 is 29.6 Å². The number of hydrogen-bond acceptors (Lipinski definition) is 4. The van der Waals surface area contributed by atoms with Gasteiger partial charge in [0.15, 0.2) is 0 Å². The van der Waals surface area contributed by atoms with E-state index in [1.807, 2.05) is 0 Å². The molecule has 0 aromatic rings. The molecule has 4 nitrogen and oxygen atoms in total. The van der Waals surface area contributed by atoms with E-state index in [9.17, 15) is 9.90 Å². The van der Waals surface area contributed by atoms with Gasteiger partial charge in [0.2, 0.25) is 5.79 Å². The predicted octanol–water partition coefficient (Wildman–Crippen LogP) is -4.11. The minimum absolute atomic E-state index is 0. The van der Waals surface area contributed by atoms with E-state index in [0.717, 1.165) is 0 Å². The van der Waals surface area contributed by atoms with Crippen molar-refractivity contribution in [1.82, 2.24) is 0 Å². The molecule has 1 saturated heterocycles. The Balaban J connectivity index is 0.000001000. The Morgan fingerprint density at radius 1 is 1.82 bits per heavy atom. The SMILES string of the molecule is CCOC1(C(=O)[O-])CCO1.[Na+]. The van der Waals surface area contributed by atoms with Crippen LogP contribution in [-0.4, -0.2) is 25.0 Å². The first-order valence-corrected chi connectivity index (χ1v) is 3.20. The predicted molar refractivity (Wildman–Crippen MR) is 29.9 cm³/mol. The molecule has 0 aromatic heterocycles. The van der Waals surface area contributed by atoms with Gasteiger partial charge in [0.25, 0.3) is 0 Å². The van der Waals surface area contributed by atoms with Crippen molar-refractivity contribution in [2.75, 3.05) is 13.2 Å². The van der Waals surface area contributed by atoms with Gasteiger partial charge in [-0.15, -0.1) is 0 Å². The molecule has 1 aliphatic rings. The number of carboxylic acids is 1. The van der Waals surface area contributed by atoms with E-state index < -0.39 is 11.8 Å². The van der Waals surface area contributed by atoms with Gasteiger partial charge < -0.3 is 19.4 Å². The monoisotopic (exact) mass is 168 g/mol. The van der Waals surface area contributed by atoms with Gasteiger partial charge in [0.1, 0.15) is 5.97 Å². The normalized spacial score (nSPS) is 28.5. The average molecular weight is 168 g/mol. The maximum absolute atomic E-state index is 10.3. The summed E-state index contributed by atoms with van der Waals surface area (Å²) in [5, 5.41) is 10.3. The molecule has 1 aliphatic heterocycles. The van der Waals surface area contributed by atoms with Crippen LogP contribution in [0.25, 0.3) is 0 Å². The standard InChI is InChI=1S/C6H10O4.Na/c1-2-9-6(5(7)8)3-4-10-6;/h2-4H2,1H3,(H,7,8);/q;+1/p-1. The van der Waals surface area contributed by atoms with Crippen molar-refractivity contribution in [2.45, 2.75) is 19.1 Å². The molecule has 11 heavy (non-hydrogen) atoms. The van der Waals surface area contributed by atoms with E-state index in [2.05, 4.69) is 0 Å². The molecule has 1 atom stereocenters. The zero-order valence-electron chi connectivity index (χ0n) is 6.75. The number of rotatable bonds is 3. The summed E-state index contributed by atoms with van der Waals surface area (Å²) >= 11 is 0. The third-order valence-electron chi connectivity index (χ3n) is 1.45. The van der Waals surface area contributed by atoms with Crippen molar-refractivity contribution in [3.05, 3.63) is 0 Å². The molecule has 0 amide bonds. The number of hydrogen-bond donors (Lipinski definition) is 0. The quantitative estimate of drug-likeness (QED) is 0.402. The van der Waals surface area contributed by atoms with E-state index in [-0.39, 0.29) is 29.6 Å². The van der Waals surface area contributed by atoms with Crippen LogP contribution in [0.3, 0.4) is 0 Å². The van der Waals surface area contributed by atoms with E-state index in [1.54, 1.807) is 6.92 Å². The molecule has 1 rings (SSSR count). The molecule has 0 spiro atoms. The van der Waals surface area contributed by atoms with E-state index in [4.69, 9.17) is 9.47 Å². The minimum atomic E-state index is -1.42. The molecule has 0 saturated carbocycles. The van der Waals surface area contributed by atoms with Crippen LogP contribution in [0.4, 0.5) is 0 Å². The number of carbonyl (C=O) groups is 1. The summed E-state index contributed by atoms with van der Waals surface area (Å²) < 4.78 is 9.58. The molecular weight excluding hydrogens is 159 g/mol. The molecule has 58 valence electrons. The van der Waals surface area contributed by atoms with E-state index >= 15 is 0 Å². The fourth-order valence-corrected chi connectivity index (χ4v) is 0.854. The topological polar surface area (TPSA) is 58.6 Å². The van der Waals surface area contributed by atoms with Crippen LogP contribution >= 0.6 is 0 Å². The van der Waals surface area contributed by atoms with Crippen LogP contribution < -0.4 is 34.7 Å². The maximum Gasteiger partial charge on any atom is 1.00 e. The number of ether oxygens (including phenoxy) is 2. The number of aliphatic carboxylic acids is 1. The maximum atomic E-state index is 10.3. The molecule has 1 fully saturated rings. The van der Waals surface area contributed by atoms with Crippen molar-refractivity contribution in [1.29, 1.82) is 0 Å². The molecular formula is C6H9NaO4. The third kappa shape index (κ3) is 2.16. The Morgan fingerprint density at radius 2 is 2.36 bits per heavy atom. The molecule has 5 heteroatoms. The molecule has 0 N–H and O–H groups in total. The van der Waals surface area contributed by atoms with E-state index in [0.29, 0.717) is 19.6 Å². The molecule has 0 bridgehead atoms. The Hall–Kier alpha value is 0.390. The number of carbonyl (C=O) groups excluding carboxylic acids is 1. The Kier molecular flexibility index (Phi) is 4.58. The molecule has 0 radical (unpaired) electrons. The summed E-state index contributed by atoms with van der Waals surface area (Å²) in [5.41, 5.74) is 0. The summed E-state index contributed by atoms with van der Waals surface area (Å²) in [6, 6.07) is 0. The van der Waals surface area contributed by atoms with Gasteiger partial charge in [-0.25, -0.2) is 0 Å². The van der Waals surface area contributed by atoms with Gasteiger partial charge in [0, 0.05) is 13.0 Å². The first-order valence-electron chi connectivity index (χ1n) is 3.20. The van der Waals surface area contributed by atoms with Crippen molar-refractivity contribution in [3.63, 3.8) is 0 Å². The van der Waals surface area contributed by atoms with Crippen LogP contribution in [-0.2, 0) is 14.3 Å². The smallest absolute Gasteiger partial charge is 0.544 e. The first kappa shape index (κ1) is 11.4. The largest absolute Gasteiger partial charge is 1.00 e. The van der Waals surface area contributed by atoms with Gasteiger partial charge in [-0.2, -0.15) is 0 Å². The molecule has 0 aliphatic carbocycles. The summed E-state index contributed by atoms with van der Waals surface area (Å²) in [7, 11) is 0. The minimum Gasteiger partial charge on any atom is -0.544 e. The van der Waals surface area contributed by atoms with Crippen LogP contribution in [0, 0.1) is 0 Å². The Labute approximate surface area is 87.2 Å². The van der Waals surface area contributed by atoms with Gasteiger partial charge in [-0.05, 0) is 6.92 Å². The summed E-state index contributed by atoms with van der Waals surface area (Å²) in [4.78, 5) is 10.3. The van der Waals surface area contributed by atoms with Gasteiger partial charge in [-0.3, -0.25) is 0 Å². The van der Waals surface area contributed by atoms with Crippen LogP contribution in [0.2, 0.25) is 0 Å². The average Bonchev–Trinajstić information content (AvgIpc) is 1.77. The fraction of sp³-hybridized carbons (Fsp3) is 0.833. The van der Waals surface area contributed by atoms with E-state index in [1.165, 1.54) is 0 Å². The van der Waals surface area contributed by atoms with Crippen LogP contribution in [0.5, 0.6) is 0 Å². The first-order chi connectivity index (χ1) is 4.71.